The molecule has 0 heterocycles. The molecule has 0 fully saturated rings. The molecule has 5 heteroatoms. The molecule has 0 aliphatic rings. The van der Waals surface area contributed by atoms with E-state index in [1.807, 2.05) is 36.4 Å². The number of carboxylic acid groups (broad SMARTS) is 1. The van der Waals surface area contributed by atoms with Gasteiger partial charge in [-0.15, -0.1) is 0 Å². The van der Waals surface area contributed by atoms with Crippen molar-refractivity contribution in [1.29, 1.82) is 0 Å². The Bertz CT molecular complexity index is 968. The molecule has 3 aromatic carbocycles. The van der Waals surface area contributed by atoms with Crippen LogP contribution in [0.25, 0.3) is 10.8 Å². The summed E-state index contributed by atoms with van der Waals surface area (Å²) < 4.78 is 13.0. The maximum Gasteiger partial charge on any atom is 0.311 e. The van der Waals surface area contributed by atoms with Crippen LogP contribution in [0.1, 0.15) is 24.0 Å². The molecule has 0 aliphatic carbocycles. The quantitative estimate of drug-likeness (QED) is 0.609. The van der Waals surface area contributed by atoms with Gasteiger partial charge >= 0.3 is 5.97 Å². The molecule has 4 nitrogen and oxygen atoms in total. The number of hydrogen-bond donors (Lipinski definition) is 2. The van der Waals surface area contributed by atoms with E-state index in [-0.39, 0.29) is 6.16 Å². The van der Waals surface area contributed by atoms with Gasteiger partial charge in [0.15, 0.2) is 0 Å². The molecule has 0 radical (unpaired) electrons. The van der Waals surface area contributed by atoms with Crippen molar-refractivity contribution >= 4 is 24.1 Å². The second-order valence-corrected chi connectivity index (χ2v) is 9.20. The summed E-state index contributed by atoms with van der Waals surface area (Å²) >= 11 is 0. The van der Waals surface area contributed by atoms with E-state index in [4.69, 9.17) is 0 Å². The summed E-state index contributed by atoms with van der Waals surface area (Å²) in [7, 11) is -3.72. The Kier molecular flexibility index (Phi) is 5.26. The van der Waals surface area contributed by atoms with E-state index >= 15 is 0 Å². The normalized spacial score (nSPS) is 15.9. The van der Waals surface area contributed by atoms with E-state index in [0.717, 1.165) is 16.3 Å². The molecule has 3 rings (SSSR count). The fourth-order valence-corrected chi connectivity index (χ4v) is 5.04. The molecule has 0 saturated carbocycles. The summed E-state index contributed by atoms with van der Waals surface area (Å²) in [4.78, 5) is 22.6. The molecule has 0 aromatic heterocycles. The first-order chi connectivity index (χ1) is 12.4. The predicted molar refractivity (Wildman–Crippen MR) is 104 cm³/mol. The summed E-state index contributed by atoms with van der Waals surface area (Å²) in [6, 6.07) is 22.1. The highest BCUT2D eigenvalue weighted by Gasteiger charge is 2.38. The van der Waals surface area contributed by atoms with Gasteiger partial charge < -0.3 is 10.00 Å². The van der Waals surface area contributed by atoms with Crippen molar-refractivity contribution in [1.82, 2.24) is 0 Å². The van der Waals surface area contributed by atoms with Crippen molar-refractivity contribution < 1.29 is 19.4 Å². The zero-order valence-corrected chi connectivity index (χ0v) is 15.3. The van der Waals surface area contributed by atoms with Gasteiger partial charge in [0.1, 0.15) is 0 Å². The average Bonchev–Trinajstić information content (AvgIpc) is 2.62. The van der Waals surface area contributed by atoms with Gasteiger partial charge in [0.2, 0.25) is 7.37 Å². The predicted octanol–water partition coefficient (Wildman–Crippen LogP) is 4.87. The van der Waals surface area contributed by atoms with Gasteiger partial charge in [0.05, 0.1) is 11.6 Å². The van der Waals surface area contributed by atoms with Crippen LogP contribution in [0.5, 0.6) is 0 Å². The van der Waals surface area contributed by atoms with Gasteiger partial charge in [0, 0.05) is 6.16 Å². The minimum Gasteiger partial charge on any atom is -0.481 e. The lowest BCUT2D eigenvalue weighted by atomic mass is 9.94. The van der Waals surface area contributed by atoms with Crippen molar-refractivity contribution in [3.05, 3.63) is 83.9 Å². The Morgan fingerprint density at radius 2 is 1.58 bits per heavy atom. The van der Waals surface area contributed by atoms with Crippen LogP contribution in [0.2, 0.25) is 0 Å². The Morgan fingerprint density at radius 3 is 2.23 bits per heavy atom. The fourth-order valence-electron chi connectivity index (χ4n) is 3.25. The molecule has 0 aliphatic heterocycles. The summed E-state index contributed by atoms with van der Waals surface area (Å²) in [5.41, 5.74) is 0.375. The number of hydrogen-bond acceptors (Lipinski definition) is 2. The highest BCUT2D eigenvalue weighted by molar-refractivity contribution is 7.58. The number of rotatable bonds is 6. The van der Waals surface area contributed by atoms with Gasteiger partial charge in [0.25, 0.3) is 0 Å². The molecule has 0 spiro atoms. The summed E-state index contributed by atoms with van der Waals surface area (Å²) in [6.07, 6.45) is -0.0353. The minimum absolute atomic E-state index is 0.0353. The van der Waals surface area contributed by atoms with Gasteiger partial charge in [-0.2, -0.15) is 0 Å². The topological polar surface area (TPSA) is 74.6 Å². The fraction of sp³-hybridized carbons (Fsp3) is 0.190. The van der Waals surface area contributed by atoms with Gasteiger partial charge in [-0.1, -0.05) is 79.7 Å². The lowest BCUT2D eigenvalue weighted by molar-refractivity contribution is -0.138. The van der Waals surface area contributed by atoms with E-state index < -0.39 is 24.9 Å². The Balaban J connectivity index is 1.95. The Hall–Kier alpha value is -2.42. The van der Waals surface area contributed by atoms with E-state index in [1.54, 1.807) is 43.3 Å². The maximum absolute atomic E-state index is 13.0. The average molecular weight is 368 g/mol. The molecule has 0 amide bonds. The number of aliphatic carboxylic acids is 1. The molecule has 3 aromatic rings. The van der Waals surface area contributed by atoms with Crippen molar-refractivity contribution in [3.8, 4) is 0 Å². The number of carbonyl (C=O) groups is 1. The number of carboxylic acids is 1. The van der Waals surface area contributed by atoms with Crippen molar-refractivity contribution in [2.75, 3.05) is 0 Å². The lowest BCUT2D eigenvalue weighted by Gasteiger charge is -2.26. The molecular weight excluding hydrogens is 347 g/mol. The highest BCUT2D eigenvalue weighted by atomic mass is 31.2. The van der Waals surface area contributed by atoms with Crippen molar-refractivity contribution in [3.63, 3.8) is 0 Å². The zero-order valence-electron chi connectivity index (χ0n) is 14.4. The molecule has 3 unspecified atom stereocenters. The van der Waals surface area contributed by atoms with Gasteiger partial charge in [-0.05, 0) is 21.9 Å². The first-order valence-corrected chi connectivity index (χ1v) is 10.4. The van der Waals surface area contributed by atoms with Crippen molar-refractivity contribution in [2.24, 2.45) is 0 Å². The van der Waals surface area contributed by atoms with Crippen LogP contribution in [0, 0.1) is 0 Å². The summed E-state index contributed by atoms with van der Waals surface area (Å²) in [5.74, 6) is -2.13. The summed E-state index contributed by atoms with van der Waals surface area (Å²) in [6.45, 7) is 1.55. The highest BCUT2D eigenvalue weighted by Crippen LogP contribution is 2.54. The van der Waals surface area contributed by atoms with Crippen LogP contribution in [-0.2, 0) is 15.5 Å². The molecule has 3 atom stereocenters. The molecule has 134 valence electrons. The van der Waals surface area contributed by atoms with Gasteiger partial charge in [-0.25, -0.2) is 0 Å². The largest absolute Gasteiger partial charge is 0.481 e. The van der Waals surface area contributed by atoms with Crippen LogP contribution in [0.3, 0.4) is 0 Å². The smallest absolute Gasteiger partial charge is 0.311 e. The third kappa shape index (κ3) is 3.87. The first-order valence-electron chi connectivity index (χ1n) is 8.45. The van der Waals surface area contributed by atoms with Gasteiger partial charge in [-0.3, -0.25) is 9.36 Å². The van der Waals surface area contributed by atoms with Crippen molar-refractivity contribution in [2.45, 2.75) is 24.7 Å². The second kappa shape index (κ2) is 7.45. The molecule has 2 N–H and O–H groups in total. The number of fused-ring (bicyclic) bond motifs is 1. The molecule has 0 saturated heterocycles. The minimum atomic E-state index is -3.72. The molecular formula is C21H21O4P. The monoisotopic (exact) mass is 368 g/mol. The van der Waals surface area contributed by atoms with Crippen LogP contribution in [0.15, 0.2) is 72.8 Å². The van der Waals surface area contributed by atoms with Crippen LogP contribution < -0.4 is 0 Å². The standard InChI is InChI=1S/C21H21O4P/c1-15(26(24,25)14-16-7-3-2-4-8-16)20(21(22)23)19-12-11-17-9-5-6-10-18(17)13-19/h2-13,15,20H,14H2,1H3,(H,22,23)(H,24,25). The SMILES string of the molecule is CC(C(C(=O)O)c1ccc2ccccc2c1)P(=O)(O)Cc1ccccc1. The molecule has 26 heavy (non-hydrogen) atoms. The summed E-state index contributed by atoms with van der Waals surface area (Å²) in [5, 5.41) is 11.7. The van der Waals surface area contributed by atoms with Crippen LogP contribution in [0.4, 0.5) is 0 Å². The number of benzene rings is 3. The lowest BCUT2D eigenvalue weighted by Crippen LogP contribution is -2.24. The third-order valence-electron chi connectivity index (χ3n) is 4.77. The van der Waals surface area contributed by atoms with E-state index in [1.165, 1.54) is 0 Å². The van der Waals surface area contributed by atoms with E-state index in [9.17, 15) is 19.4 Å². The van der Waals surface area contributed by atoms with Crippen LogP contribution >= 0.6 is 7.37 Å². The first kappa shape index (κ1) is 18.4. The zero-order chi connectivity index (χ0) is 18.7. The van der Waals surface area contributed by atoms with E-state index in [2.05, 4.69) is 0 Å². The van der Waals surface area contributed by atoms with Crippen LogP contribution in [-0.4, -0.2) is 21.6 Å². The Morgan fingerprint density at radius 1 is 0.962 bits per heavy atom. The van der Waals surface area contributed by atoms with E-state index in [0.29, 0.717) is 5.56 Å². The Labute approximate surface area is 152 Å². The maximum atomic E-state index is 13.0. The second-order valence-electron chi connectivity index (χ2n) is 6.56. The molecule has 0 bridgehead atoms. The third-order valence-corrected chi connectivity index (χ3v) is 7.16.